The summed E-state index contributed by atoms with van der Waals surface area (Å²) >= 11 is 5.93. The largest absolute Gasteiger partial charge is 0.465 e. The number of aromatic nitrogens is 3. The van der Waals surface area contributed by atoms with E-state index < -0.39 is 6.09 Å². The van der Waals surface area contributed by atoms with Gasteiger partial charge >= 0.3 is 6.09 Å². The molecule has 2 aliphatic rings. The van der Waals surface area contributed by atoms with E-state index in [-0.39, 0.29) is 11.5 Å². The minimum atomic E-state index is -0.972. The highest BCUT2D eigenvalue weighted by molar-refractivity contribution is 6.29. The summed E-state index contributed by atoms with van der Waals surface area (Å²) in [4.78, 5) is 27.0. The Morgan fingerprint density at radius 2 is 1.97 bits per heavy atom. The summed E-state index contributed by atoms with van der Waals surface area (Å²) in [5, 5.41) is 12.6. The smallest absolute Gasteiger partial charge is 0.405 e. The highest BCUT2D eigenvalue weighted by Gasteiger charge is 2.48. The van der Waals surface area contributed by atoms with E-state index in [4.69, 9.17) is 16.6 Å². The van der Waals surface area contributed by atoms with Gasteiger partial charge in [0.1, 0.15) is 16.5 Å². The Bertz CT molecular complexity index is 1100. The average Bonchev–Trinajstić information content (AvgIpc) is 3.00. The maximum atomic E-state index is 11.5. The predicted molar refractivity (Wildman–Crippen MR) is 110 cm³/mol. The highest BCUT2D eigenvalue weighted by atomic mass is 35.5. The van der Waals surface area contributed by atoms with Gasteiger partial charge in [0.25, 0.3) is 0 Å². The van der Waals surface area contributed by atoms with Gasteiger partial charge in [0.05, 0.1) is 12.2 Å². The first-order chi connectivity index (χ1) is 14.0. The van der Waals surface area contributed by atoms with E-state index in [1.165, 1.54) is 5.56 Å². The van der Waals surface area contributed by atoms with E-state index in [2.05, 4.69) is 26.3 Å². The Labute approximate surface area is 172 Å². The molecule has 1 aliphatic carbocycles. The molecule has 1 spiro atoms. The van der Waals surface area contributed by atoms with Gasteiger partial charge in [0, 0.05) is 18.5 Å². The quantitative estimate of drug-likeness (QED) is 0.625. The third-order valence-electron chi connectivity index (χ3n) is 6.23. The van der Waals surface area contributed by atoms with Gasteiger partial charge in [0.2, 0.25) is 0 Å². The molecule has 3 heterocycles. The number of nitrogens with zero attached hydrogens (tertiary/aromatic N) is 4. The number of carboxylic acid groups (broad SMARTS) is 1. The molecule has 0 bridgehead atoms. The van der Waals surface area contributed by atoms with Crippen LogP contribution in [0, 0.1) is 5.41 Å². The Hall–Kier alpha value is -2.93. The first-order valence-electron chi connectivity index (χ1n) is 9.66. The van der Waals surface area contributed by atoms with Crippen molar-refractivity contribution in [3.05, 3.63) is 58.9 Å². The zero-order valence-electron chi connectivity index (χ0n) is 15.7. The average molecular weight is 410 g/mol. The molecule has 3 aromatic rings. The van der Waals surface area contributed by atoms with Crippen LogP contribution in [-0.2, 0) is 6.42 Å². The number of hydrogen-bond acceptors (Lipinski definition) is 5. The second kappa shape index (κ2) is 6.84. The van der Waals surface area contributed by atoms with Crippen molar-refractivity contribution in [1.82, 2.24) is 20.3 Å². The second-order valence-electron chi connectivity index (χ2n) is 7.81. The van der Waals surface area contributed by atoms with E-state index in [1.807, 2.05) is 24.3 Å². The normalized spacial score (nSPS) is 20.0. The number of halogens is 1. The predicted octanol–water partition coefficient (Wildman–Crippen LogP) is 3.83. The van der Waals surface area contributed by atoms with Gasteiger partial charge in [-0.2, -0.15) is 0 Å². The van der Waals surface area contributed by atoms with Crippen molar-refractivity contribution in [2.75, 3.05) is 18.0 Å². The fraction of sp³-hybridized carbons (Fsp3) is 0.333. The second-order valence-corrected chi connectivity index (χ2v) is 8.20. The lowest BCUT2D eigenvalue weighted by molar-refractivity contribution is 0.141. The number of pyridine rings is 1. The maximum absolute atomic E-state index is 11.5. The topological polar surface area (TPSA) is 91.2 Å². The molecule has 1 aliphatic heterocycles. The molecule has 1 saturated heterocycles. The maximum Gasteiger partial charge on any atom is 0.405 e. The number of nitrogens with one attached hydrogen (secondary N) is 1. The summed E-state index contributed by atoms with van der Waals surface area (Å²) in [7, 11) is 0. The summed E-state index contributed by atoms with van der Waals surface area (Å²) in [5.41, 5.74) is 3.50. The van der Waals surface area contributed by atoms with E-state index in [0.29, 0.717) is 16.3 Å². The Morgan fingerprint density at radius 1 is 1.17 bits per heavy atom. The molecule has 0 saturated carbocycles. The van der Waals surface area contributed by atoms with Crippen LogP contribution < -0.4 is 10.2 Å². The minimum Gasteiger partial charge on any atom is -0.465 e. The number of benzene rings is 1. The molecule has 0 radical (unpaired) electrons. The van der Waals surface area contributed by atoms with Crippen LogP contribution in [0.4, 0.5) is 10.6 Å². The SMILES string of the molecule is O=C(O)N[C@@H]1c2ccccc2CC12CCN(c1cnc3nc(Cl)ccc3n1)CC2. The van der Waals surface area contributed by atoms with Crippen LogP contribution in [0.3, 0.4) is 0 Å². The van der Waals surface area contributed by atoms with E-state index in [1.54, 1.807) is 12.3 Å². The Morgan fingerprint density at radius 3 is 2.76 bits per heavy atom. The molecule has 8 heteroatoms. The number of amides is 1. The summed E-state index contributed by atoms with van der Waals surface area (Å²) < 4.78 is 0. The van der Waals surface area contributed by atoms with Crippen molar-refractivity contribution in [2.45, 2.75) is 25.3 Å². The van der Waals surface area contributed by atoms with Crippen LogP contribution in [0.25, 0.3) is 11.2 Å². The fourth-order valence-electron chi connectivity index (χ4n) is 4.81. The van der Waals surface area contributed by atoms with Crippen LogP contribution in [0.1, 0.15) is 30.0 Å². The Kier molecular flexibility index (Phi) is 4.28. The molecule has 29 heavy (non-hydrogen) atoms. The number of rotatable bonds is 2. The van der Waals surface area contributed by atoms with Crippen LogP contribution >= 0.6 is 11.6 Å². The van der Waals surface area contributed by atoms with Crippen molar-refractivity contribution in [3.8, 4) is 0 Å². The minimum absolute atomic E-state index is 0.0993. The number of anilines is 1. The van der Waals surface area contributed by atoms with Gasteiger partial charge in [-0.05, 0) is 42.5 Å². The summed E-state index contributed by atoms with van der Waals surface area (Å²) in [6.45, 7) is 1.60. The molecular weight excluding hydrogens is 390 g/mol. The zero-order valence-corrected chi connectivity index (χ0v) is 16.4. The van der Waals surface area contributed by atoms with Gasteiger partial charge in [-0.15, -0.1) is 0 Å². The molecule has 7 nitrogen and oxygen atoms in total. The molecular formula is C21H20ClN5O2. The van der Waals surface area contributed by atoms with Crippen LogP contribution in [0.2, 0.25) is 5.15 Å². The molecule has 1 aromatic carbocycles. The third-order valence-corrected chi connectivity index (χ3v) is 6.44. The van der Waals surface area contributed by atoms with E-state index in [9.17, 15) is 9.90 Å². The molecule has 1 atom stereocenters. The number of hydrogen-bond donors (Lipinski definition) is 2. The van der Waals surface area contributed by atoms with Crippen molar-refractivity contribution < 1.29 is 9.90 Å². The first kappa shape index (κ1) is 18.1. The van der Waals surface area contributed by atoms with Crippen molar-refractivity contribution in [3.63, 3.8) is 0 Å². The first-order valence-corrected chi connectivity index (χ1v) is 10.0. The fourth-order valence-corrected chi connectivity index (χ4v) is 4.96. The lowest BCUT2D eigenvalue weighted by Gasteiger charge is -2.43. The number of piperidine rings is 1. The zero-order chi connectivity index (χ0) is 20.0. The number of carbonyl (C=O) groups is 1. The van der Waals surface area contributed by atoms with Crippen molar-refractivity contribution >= 4 is 34.7 Å². The molecule has 2 N–H and O–H groups in total. The Balaban J connectivity index is 1.39. The molecule has 2 aromatic heterocycles. The van der Waals surface area contributed by atoms with Crippen LogP contribution in [0.15, 0.2) is 42.6 Å². The molecule has 0 unspecified atom stereocenters. The third kappa shape index (κ3) is 3.15. The summed E-state index contributed by atoms with van der Waals surface area (Å²) in [6.07, 6.45) is 3.42. The highest BCUT2D eigenvalue weighted by Crippen LogP contribution is 2.52. The van der Waals surface area contributed by atoms with Gasteiger partial charge in [0.15, 0.2) is 5.65 Å². The van der Waals surface area contributed by atoms with E-state index >= 15 is 0 Å². The lowest BCUT2D eigenvalue weighted by atomic mass is 9.72. The lowest BCUT2D eigenvalue weighted by Crippen LogP contribution is -2.47. The molecule has 5 rings (SSSR count). The molecule has 1 amide bonds. The van der Waals surface area contributed by atoms with Gasteiger partial charge in [-0.3, -0.25) is 0 Å². The van der Waals surface area contributed by atoms with Crippen LogP contribution in [-0.4, -0.2) is 39.2 Å². The van der Waals surface area contributed by atoms with Crippen LogP contribution in [0.5, 0.6) is 0 Å². The summed E-state index contributed by atoms with van der Waals surface area (Å²) in [5.74, 6) is 0.815. The van der Waals surface area contributed by atoms with Gasteiger partial charge in [-0.25, -0.2) is 19.7 Å². The van der Waals surface area contributed by atoms with Gasteiger partial charge < -0.3 is 15.3 Å². The van der Waals surface area contributed by atoms with Crippen molar-refractivity contribution in [1.29, 1.82) is 0 Å². The molecule has 1 fully saturated rings. The van der Waals surface area contributed by atoms with E-state index in [0.717, 1.165) is 43.7 Å². The summed E-state index contributed by atoms with van der Waals surface area (Å²) in [6, 6.07) is 11.5. The number of fused-ring (bicyclic) bond motifs is 2. The standard InChI is InChI=1S/C21H20ClN5O2/c22-16-6-5-15-19(25-16)23-12-17(24-15)27-9-7-21(8-10-27)11-13-3-1-2-4-14(13)18(21)26-20(28)29/h1-6,12,18,26H,7-11H2,(H,28,29)/t18-/m1/s1. The van der Waals surface area contributed by atoms with Gasteiger partial charge in [-0.1, -0.05) is 35.9 Å². The monoisotopic (exact) mass is 409 g/mol. The van der Waals surface area contributed by atoms with Crippen molar-refractivity contribution in [2.24, 2.45) is 5.41 Å². The molecule has 148 valence electrons.